The molecule has 1 unspecified atom stereocenters. The molecule has 1 heterocycles. The van der Waals surface area contributed by atoms with Crippen molar-refractivity contribution in [3.8, 4) is 0 Å². The Bertz CT molecular complexity index is 803. The Morgan fingerprint density at radius 2 is 1.62 bits per heavy atom. The van der Waals surface area contributed by atoms with Gasteiger partial charge in [-0.15, -0.1) is 0 Å². The monoisotopic (exact) mass is 347 g/mol. The number of hydrogen-bond donors (Lipinski definition) is 1. The lowest BCUT2D eigenvalue weighted by Gasteiger charge is -2.41. The summed E-state index contributed by atoms with van der Waals surface area (Å²) >= 11 is 0. The van der Waals surface area contributed by atoms with E-state index < -0.39 is 20.9 Å². The second-order valence-corrected chi connectivity index (χ2v) is 9.41. The summed E-state index contributed by atoms with van der Waals surface area (Å²) in [5, 5.41) is 11.4. The minimum atomic E-state index is -3.22. The SMILES string of the molecule is Cc1ccc(C(O)(Cc2ccc(S(C)(=O)=O)cc2)C(C)(C)C)cn1. The fourth-order valence-electron chi connectivity index (χ4n) is 2.66. The Hall–Kier alpha value is -1.72. The smallest absolute Gasteiger partial charge is 0.175 e. The van der Waals surface area contributed by atoms with Crippen molar-refractivity contribution < 1.29 is 13.5 Å². The van der Waals surface area contributed by atoms with E-state index in [1.165, 1.54) is 6.26 Å². The summed E-state index contributed by atoms with van der Waals surface area (Å²) in [5.41, 5.74) is 1.00. The van der Waals surface area contributed by atoms with Crippen LogP contribution in [0.25, 0.3) is 0 Å². The third kappa shape index (κ3) is 3.84. The van der Waals surface area contributed by atoms with Crippen molar-refractivity contribution in [1.82, 2.24) is 4.98 Å². The fourth-order valence-corrected chi connectivity index (χ4v) is 3.29. The molecule has 0 spiro atoms. The molecule has 130 valence electrons. The van der Waals surface area contributed by atoms with Crippen LogP contribution in [0.5, 0.6) is 0 Å². The third-order valence-corrected chi connectivity index (χ3v) is 5.57. The Balaban J connectivity index is 2.42. The van der Waals surface area contributed by atoms with Gasteiger partial charge in [-0.3, -0.25) is 4.98 Å². The van der Waals surface area contributed by atoms with Crippen LogP contribution in [-0.2, 0) is 21.9 Å². The number of hydrogen-bond acceptors (Lipinski definition) is 4. The van der Waals surface area contributed by atoms with Crippen LogP contribution in [0.1, 0.15) is 37.6 Å². The number of aryl methyl sites for hydroxylation is 1. The summed E-state index contributed by atoms with van der Waals surface area (Å²) in [5.74, 6) is 0. The summed E-state index contributed by atoms with van der Waals surface area (Å²) in [6.45, 7) is 7.86. The normalized spacial score (nSPS) is 15.1. The fraction of sp³-hybridized carbons (Fsp3) is 0.421. The van der Waals surface area contributed by atoms with E-state index in [9.17, 15) is 13.5 Å². The molecule has 0 bridgehead atoms. The standard InChI is InChI=1S/C19H25NO3S/c1-14-6-9-16(13-20-14)19(21,18(2,3)4)12-15-7-10-17(11-8-15)24(5,22)23/h6-11,13,21H,12H2,1-5H3. The minimum absolute atomic E-state index is 0.280. The second-order valence-electron chi connectivity index (χ2n) is 7.39. The molecule has 0 saturated carbocycles. The Kier molecular flexibility index (Phi) is 4.88. The molecule has 1 atom stereocenters. The Morgan fingerprint density at radius 1 is 1.04 bits per heavy atom. The summed E-state index contributed by atoms with van der Waals surface area (Å²) in [7, 11) is -3.22. The Morgan fingerprint density at radius 3 is 2.04 bits per heavy atom. The highest BCUT2D eigenvalue weighted by molar-refractivity contribution is 7.90. The number of rotatable bonds is 4. The lowest BCUT2D eigenvalue weighted by atomic mass is 9.69. The van der Waals surface area contributed by atoms with Gasteiger partial charge >= 0.3 is 0 Å². The first-order chi connectivity index (χ1) is 10.9. The van der Waals surface area contributed by atoms with Gasteiger partial charge in [0.1, 0.15) is 0 Å². The van der Waals surface area contributed by atoms with E-state index in [0.29, 0.717) is 6.42 Å². The van der Waals surface area contributed by atoms with Crippen molar-refractivity contribution in [2.45, 2.75) is 44.6 Å². The molecule has 2 rings (SSSR count). The molecule has 2 aromatic rings. The molecule has 0 aliphatic carbocycles. The topological polar surface area (TPSA) is 67.3 Å². The quantitative estimate of drug-likeness (QED) is 0.922. The van der Waals surface area contributed by atoms with E-state index in [0.717, 1.165) is 16.8 Å². The van der Waals surface area contributed by atoms with E-state index in [1.807, 2.05) is 39.8 Å². The van der Waals surface area contributed by atoms with Crippen LogP contribution < -0.4 is 0 Å². The lowest BCUT2D eigenvalue weighted by molar-refractivity contribution is -0.0642. The average molecular weight is 347 g/mol. The van der Waals surface area contributed by atoms with Crippen LogP contribution in [0.15, 0.2) is 47.5 Å². The number of sulfone groups is 1. The van der Waals surface area contributed by atoms with E-state index in [1.54, 1.807) is 30.5 Å². The molecule has 0 aliphatic heterocycles. The highest BCUT2D eigenvalue weighted by atomic mass is 32.2. The van der Waals surface area contributed by atoms with Crippen molar-refractivity contribution in [3.05, 3.63) is 59.4 Å². The minimum Gasteiger partial charge on any atom is -0.384 e. The molecular weight excluding hydrogens is 322 g/mol. The van der Waals surface area contributed by atoms with Gasteiger partial charge < -0.3 is 5.11 Å². The number of aromatic nitrogens is 1. The zero-order valence-corrected chi connectivity index (χ0v) is 15.7. The maximum atomic E-state index is 11.6. The third-order valence-electron chi connectivity index (χ3n) is 4.44. The lowest BCUT2D eigenvalue weighted by Crippen LogP contribution is -2.42. The van der Waals surface area contributed by atoms with Crippen molar-refractivity contribution in [1.29, 1.82) is 0 Å². The van der Waals surface area contributed by atoms with Crippen molar-refractivity contribution >= 4 is 9.84 Å². The first kappa shape index (κ1) is 18.6. The highest BCUT2D eigenvalue weighted by Gasteiger charge is 2.41. The van der Waals surface area contributed by atoms with Gasteiger partial charge in [-0.05, 0) is 36.1 Å². The van der Waals surface area contributed by atoms with Crippen LogP contribution in [0, 0.1) is 12.3 Å². The van der Waals surface area contributed by atoms with Gasteiger partial charge in [-0.1, -0.05) is 39.0 Å². The first-order valence-electron chi connectivity index (χ1n) is 7.88. The van der Waals surface area contributed by atoms with Gasteiger partial charge in [-0.2, -0.15) is 0 Å². The highest BCUT2D eigenvalue weighted by Crippen LogP contribution is 2.41. The average Bonchev–Trinajstić information content (AvgIpc) is 2.46. The number of pyridine rings is 1. The summed E-state index contributed by atoms with van der Waals surface area (Å²) in [6.07, 6.45) is 3.28. The Labute approximate surface area is 144 Å². The predicted molar refractivity (Wildman–Crippen MR) is 95.6 cm³/mol. The molecule has 0 radical (unpaired) electrons. The molecular formula is C19H25NO3S. The summed E-state index contributed by atoms with van der Waals surface area (Å²) < 4.78 is 23.2. The molecule has 0 aliphatic rings. The number of nitrogens with zero attached hydrogens (tertiary/aromatic N) is 1. The van der Waals surface area contributed by atoms with Crippen molar-refractivity contribution in [2.75, 3.05) is 6.26 Å². The van der Waals surface area contributed by atoms with Gasteiger partial charge in [-0.25, -0.2) is 8.42 Å². The number of aliphatic hydroxyl groups is 1. The molecule has 4 nitrogen and oxygen atoms in total. The predicted octanol–water partition coefficient (Wildman–Crippen LogP) is 3.27. The maximum absolute atomic E-state index is 11.6. The van der Waals surface area contributed by atoms with Gasteiger partial charge in [0.2, 0.25) is 0 Å². The van der Waals surface area contributed by atoms with Crippen molar-refractivity contribution in [2.24, 2.45) is 5.41 Å². The first-order valence-corrected chi connectivity index (χ1v) is 9.77. The van der Waals surface area contributed by atoms with Crippen LogP contribution in [0.4, 0.5) is 0 Å². The maximum Gasteiger partial charge on any atom is 0.175 e. The van der Waals surface area contributed by atoms with Gasteiger partial charge in [0.05, 0.1) is 10.5 Å². The van der Waals surface area contributed by atoms with E-state index in [4.69, 9.17) is 0 Å². The zero-order chi connectivity index (χ0) is 18.2. The molecule has 0 amide bonds. The summed E-state index contributed by atoms with van der Waals surface area (Å²) in [4.78, 5) is 4.59. The van der Waals surface area contributed by atoms with Crippen LogP contribution >= 0.6 is 0 Å². The van der Waals surface area contributed by atoms with E-state index in [-0.39, 0.29) is 4.90 Å². The van der Waals surface area contributed by atoms with Gasteiger partial charge in [0.25, 0.3) is 0 Å². The van der Waals surface area contributed by atoms with Crippen LogP contribution in [-0.4, -0.2) is 24.8 Å². The zero-order valence-electron chi connectivity index (χ0n) is 14.9. The van der Waals surface area contributed by atoms with E-state index in [2.05, 4.69) is 4.98 Å². The molecule has 1 aromatic carbocycles. The van der Waals surface area contributed by atoms with Gasteiger partial charge in [0, 0.05) is 30.1 Å². The number of benzene rings is 1. The molecule has 24 heavy (non-hydrogen) atoms. The molecule has 0 saturated heterocycles. The molecule has 0 fully saturated rings. The van der Waals surface area contributed by atoms with Crippen LogP contribution in [0.3, 0.4) is 0 Å². The van der Waals surface area contributed by atoms with E-state index >= 15 is 0 Å². The molecule has 5 heteroatoms. The molecule has 1 aromatic heterocycles. The van der Waals surface area contributed by atoms with Crippen molar-refractivity contribution in [3.63, 3.8) is 0 Å². The largest absolute Gasteiger partial charge is 0.384 e. The second kappa shape index (κ2) is 6.30. The van der Waals surface area contributed by atoms with Gasteiger partial charge in [0.15, 0.2) is 9.84 Å². The summed E-state index contributed by atoms with van der Waals surface area (Å²) in [6, 6.07) is 10.5. The van der Waals surface area contributed by atoms with Crippen LogP contribution in [0.2, 0.25) is 0 Å². The molecule has 1 N–H and O–H groups in total.